The van der Waals surface area contributed by atoms with E-state index < -0.39 is 17.4 Å². The summed E-state index contributed by atoms with van der Waals surface area (Å²) in [7, 11) is 0. The molecule has 4 nitrogen and oxygen atoms in total. The first-order chi connectivity index (χ1) is 21.7. The number of aliphatic carboxylic acids is 2. The summed E-state index contributed by atoms with van der Waals surface area (Å²) in [4.78, 5) is 23.7. The Labute approximate surface area is 281 Å². The van der Waals surface area contributed by atoms with Crippen molar-refractivity contribution >= 4 is 11.9 Å². The van der Waals surface area contributed by atoms with Crippen LogP contribution in [0.25, 0.3) is 0 Å². The zero-order chi connectivity index (χ0) is 33.4. The van der Waals surface area contributed by atoms with Crippen molar-refractivity contribution in [1.29, 1.82) is 0 Å². The highest BCUT2D eigenvalue weighted by atomic mass is 16.4. The standard InChI is InChI=1S/C41H80O4/c1-37(2)31-27-23-19-15-11-7-5-9-13-17-21-25-29-34-41(40(44)45,36-33-39(42)43)35-30-26-22-18-14-10-6-8-12-16-20-24-28-32-38(3)4/h37-38H,5-36H2,1-4H3,(H,42,43)(H,44,45). The number of hydrogen-bond acceptors (Lipinski definition) is 2. The lowest BCUT2D eigenvalue weighted by atomic mass is 9.74. The maximum atomic E-state index is 12.4. The number of carboxylic acids is 2. The Morgan fingerprint density at radius 3 is 0.867 bits per heavy atom. The Morgan fingerprint density at radius 1 is 0.400 bits per heavy atom. The van der Waals surface area contributed by atoms with E-state index in [0.717, 1.165) is 37.5 Å². The van der Waals surface area contributed by atoms with E-state index in [-0.39, 0.29) is 12.8 Å². The maximum absolute atomic E-state index is 12.4. The summed E-state index contributed by atoms with van der Waals surface area (Å²) >= 11 is 0. The lowest BCUT2D eigenvalue weighted by Gasteiger charge is -2.29. The van der Waals surface area contributed by atoms with Crippen molar-refractivity contribution in [3.05, 3.63) is 0 Å². The molecule has 4 heteroatoms. The minimum Gasteiger partial charge on any atom is -0.481 e. The van der Waals surface area contributed by atoms with E-state index in [2.05, 4.69) is 27.7 Å². The molecule has 0 radical (unpaired) electrons. The lowest BCUT2D eigenvalue weighted by molar-refractivity contribution is -0.151. The van der Waals surface area contributed by atoms with Crippen LogP contribution in [0.4, 0.5) is 0 Å². The van der Waals surface area contributed by atoms with Gasteiger partial charge in [-0.2, -0.15) is 0 Å². The average molecular weight is 637 g/mol. The molecule has 0 aliphatic rings. The summed E-state index contributed by atoms with van der Waals surface area (Å²) in [5, 5.41) is 19.5. The first-order valence-electron chi connectivity index (χ1n) is 20.1. The van der Waals surface area contributed by atoms with Crippen molar-refractivity contribution in [3.8, 4) is 0 Å². The molecule has 0 aliphatic heterocycles. The van der Waals surface area contributed by atoms with Crippen LogP contribution in [0, 0.1) is 17.3 Å². The minimum absolute atomic E-state index is 0.0395. The van der Waals surface area contributed by atoms with Gasteiger partial charge >= 0.3 is 11.9 Å². The molecule has 0 aromatic carbocycles. The van der Waals surface area contributed by atoms with E-state index >= 15 is 0 Å². The smallest absolute Gasteiger partial charge is 0.309 e. The van der Waals surface area contributed by atoms with Crippen molar-refractivity contribution in [2.75, 3.05) is 0 Å². The van der Waals surface area contributed by atoms with Gasteiger partial charge in [-0.25, -0.2) is 0 Å². The highest BCUT2D eigenvalue weighted by Gasteiger charge is 2.37. The van der Waals surface area contributed by atoms with E-state index in [4.69, 9.17) is 0 Å². The van der Waals surface area contributed by atoms with E-state index in [0.29, 0.717) is 12.8 Å². The number of unbranched alkanes of at least 4 members (excludes halogenated alkanes) is 24. The molecule has 0 aromatic heterocycles. The molecule has 2 N–H and O–H groups in total. The van der Waals surface area contributed by atoms with Gasteiger partial charge in [0, 0.05) is 6.42 Å². The Kier molecular flexibility index (Phi) is 30.8. The summed E-state index contributed by atoms with van der Waals surface area (Å²) < 4.78 is 0. The number of carboxylic acid groups (broad SMARTS) is 2. The third-order valence-corrected chi connectivity index (χ3v) is 10.1. The first kappa shape index (κ1) is 43.9. The molecule has 0 fully saturated rings. The van der Waals surface area contributed by atoms with Crippen LogP contribution in [0.1, 0.15) is 233 Å². The van der Waals surface area contributed by atoms with Crippen LogP contribution in [-0.4, -0.2) is 22.2 Å². The second-order valence-corrected chi connectivity index (χ2v) is 15.5. The maximum Gasteiger partial charge on any atom is 0.309 e. The summed E-state index contributed by atoms with van der Waals surface area (Å²) in [6.45, 7) is 9.26. The second-order valence-electron chi connectivity index (χ2n) is 15.5. The van der Waals surface area contributed by atoms with Crippen LogP contribution in [0.2, 0.25) is 0 Å². The molecule has 0 aromatic rings. The zero-order valence-electron chi connectivity index (χ0n) is 31.0. The van der Waals surface area contributed by atoms with Gasteiger partial charge < -0.3 is 10.2 Å². The van der Waals surface area contributed by atoms with Gasteiger partial charge in [0.1, 0.15) is 0 Å². The summed E-state index contributed by atoms with van der Waals surface area (Å²) in [5.41, 5.74) is -0.859. The molecule has 0 heterocycles. The summed E-state index contributed by atoms with van der Waals surface area (Å²) in [6, 6.07) is 0. The fourth-order valence-corrected chi connectivity index (χ4v) is 6.96. The first-order valence-corrected chi connectivity index (χ1v) is 20.1. The van der Waals surface area contributed by atoms with Gasteiger partial charge in [-0.3, -0.25) is 9.59 Å². The van der Waals surface area contributed by atoms with E-state index in [9.17, 15) is 19.8 Å². The van der Waals surface area contributed by atoms with E-state index in [1.807, 2.05) is 0 Å². The van der Waals surface area contributed by atoms with Gasteiger partial charge in [0.15, 0.2) is 0 Å². The second kappa shape index (κ2) is 31.5. The Morgan fingerprint density at radius 2 is 0.644 bits per heavy atom. The average Bonchev–Trinajstić information content (AvgIpc) is 2.98. The van der Waals surface area contributed by atoms with Crippen LogP contribution in [0.3, 0.4) is 0 Å². The largest absolute Gasteiger partial charge is 0.481 e. The van der Waals surface area contributed by atoms with Gasteiger partial charge in [-0.1, -0.05) is 207 Å². The topological polar surface area (TPSA) is 74.6 Å². The minimum atomic E-state index is -0.877. The third-order valence-electron chi connectivity index (χ3n) is 10.1. The molecule has 0 spiro atoms. The van der Waals surface area contributed by atoms with Crippen LogP contribution >= 0.6 is 0 Å². The third kappa shape index (κ3) is 30.0. The lowest BCUT2D eigenvalue weighted by Crippen LogP contribution is -2.32. The van der Waals surface area contributed by atoms with Gasteiger partial charge in [-0.15, -0.1) is 0 Å². The number of carbonyl (C=O) groups is 2. The van der Waals surface area contributed by atoms with Crippen molar-refractivity contribution in [1.82, 2.24) is 0 Å². The van der Waals surface area contributed by atoms with E-state index in [1.165, 1.54) is 154 Å². The van der Waals surface area contributed by atoms with Gasteiger partial charge in [0.05, 0.1) is 5.41 Å². The van der Waals surface area contributed by atoms with Crippen LogP contribution < -0.4 is 0 Å². The summed E-state index contributed by atoms with van der Waals surface area (Å²) in [5.74, 6) is 0.0335. The predicted octanol–water partition coefficient (Wildman–Crippen LogP) is 13.9. The van der Waals surface area contributed by atoms with E-state index in [1.54, 1.807) is 0 Å². The monoisotopic (exact) mass is 637 g/mol. The fraction of sp³-hybridized carbons (Fsp3) is 0.951. The molecular formula is C41H80O4. The molecule has 0 atom stereocenters. The number of hydrogen-bond donors (Lipinski definition) is 2. The SMILES string of the molecule is CC(C)CCCCCCCCCCCCCCCC(CCCCCCCCCCCCCCCC(C)C)(CCC(=O)O)C(=O)O. The molecule has 0 amide bonds. The van der Waals surface area contributed by atoms with Gasteiger partial charge in [-0.05, 0) is 31.1 Å². The molecule has 0 saturated carbocycles. The Hall–Kier alpha value is -1.06. The van der Waals surface area contributed by atoms with Crippen LogP contribution in [-0.2, 0) is 9.59 Å². The summed E-state index contributed by atoms with van der Waals surface area (Å²) in [6.07, 6.45) is 37.6. The Balaban J connectivity index is 3.97. The molecule has 0 rings (SSSR count). The quantitative estimate of drug-likeness (QED) is 0.0671. The Bertz CT molecular complexity index is 618. The zero-order valence-corrected chi connectivity index (χ0v) is 31.0. The van der Waals surface area contributed by atoms with Crippen molar-refractivity contribution < 1.29 is 19.8 Å². The van der Waals surface area contributed by atoms with Crippen molar-refractivity contribution in [2.45, 2.75) is 233 Å². The van der Waals surface area contributed by atoms with Crippen molar-refractivity contribution in [2.24, 2.45) is 17.3 Å². The molecule has 0 aliphatic carbocycles. The normalized spacial score (nSPS) is 12.0. The molecule has 268 valence electrons. The molecule has 0 bridgehead atoms. The number of rotatable bonds is 36. The molecule has 0 saturated heterocycles. The van der Waals surface area contributed by atoms with Crippen LogP contribution in [0.15, 0.2) is 0 Å². The highest BCUT2D eigenvalue weighted by Crippen LogP contribution is 2.37. The fourth-order valence-electron chi connectivity index (χ4n) is 6.96. The predicted molar refractivity (Wildman–Crippen MR) is 195 cm³/mol. The van der Waals surface area contributed by atoms with Crippen molar-refractivity contribution in [3.63, 3.8) is 0 Å². The van der Waals surface area contributed by atoms with Gasteiger partial charge in [0.25, 0.3) is 0 Å². The van der Waals surface area contributed by atoms with Crippen LogP contribution in [0.5, 0.6) is 0 Å². The highest BCUT2D eigenvalue weighted by molar-refractivity contribution is 5.76. The molecule has 45 heavy (non-hydrogen) atoms. The molecular weight excluding hydrogens is 556 g/mol. The molecule has 0 unspecified atom stereocenters. The van der Waals surface area contributed by atoms with Gasteiger partial charge in [0.2, 0.25) is 0 Å².